The minimum absolute atomic E-state index is 0.0433. The van der Waals surface area contributed by atoms with Crippen LogP contribution in [0.2, 0.25) is 5.31 Å². The lowest BCUT2D eigenvalue weighted by molar-refractivity contribution is -0.211. The number of allylic oxidation sites excluding steroid dienone is 2. The molecule has 182 valence electrons. The number of carboxylic acids is 1. The molecule has 3 N–H and O–H groups in total. The molecular weight excluding hydrogens is 411 g/mol. The zero-order valence-corrected chi connectivity index (χ0v) is 21.2. The molecule has 5 aliphatic rings. The minimum atomic E-state index is -0.816. The standard InChI is InChI=1S/C28H43BO4/c1-16-7-6-11-27(23(32)33)12-10-18-17(21(16)27)8-9-20-25(18,4)13-14-28(29)24(2,3)22(31)19(30)15-26(20,28)5/h8,16,18-22,30-31H,6-7,9-15H2,1-5H3,(H,32,33)/t16?,18?,19-,20?,21?,22-,25?,26?,27?,28?/m1/s1. The zero-order valence-electron chi connectivity index (χ0n) is 21.2. The van der Waals surface area contributed by atoms with Crippen LogP contribution in [0, 0.1) is 45.3 Å². The first-order chi connectivity index (χ1) is 15.3. The molecule has 5 aliphatic carbocycles. The first kappa shape index (κ1) is 23.9. The lowest BCUT2D eigenvalue weighted by Crippen LogP contribution is -2.67. The number of carboxylic acid groups (broad SMARTS) is 1. The zero-order chi connectivity index (χ0) is 24.2. The van der Waals surface area contributed by atoms with Gasteiger partial charge in [-0.3, -0.25) is 4.79 Å². The Morgan fingerprint density at radius 3 is 2.42 bits per heavy atom. The third kappa shape index (κ3) is 2.70. The van der Waals surface area contributed by atoms with E-state index in [-0.39, 0.29) is 16.7 Å². The lowest BCUT2D eigenvalue weighted by atomic mass is 9.27. The van der Waals surface area contributed by atoms with Crippen molar-refractivity contribution >= 4 is 13.8 Å². The second kappa shape index (κ2) is 7.12. The number of aliphatic hydroxyl groups excluding tert-OH is 2. The molecule has 0 bridgehead atoms. The molecule has 0 aromatic carbocycles. The van der Waals surface area contributed by atoms with Crippen molar-refractivity contribution in [3.8, 4) is 0 Å². The van der Waals surface area contributed by atoms with Crippen LogP contribution >= 0.6 is 0 Å². The maximum atomic E-state index is 12.6. The van der Waals surface area contributed by atoms with Gasteiger partial charge < -0.3 is 15.3 Å². The van der Waals surface area contributed by atoms with E-state index in [0.717, 1.165) is 51.4 Å². The highest BCUT2D eigenvalue weighted by Gasteiger charge is 2.70. The van der Waals surface area contributed by atoms with Crippen molar-refractivity contribution in [3.63, 3.8) is 0 Å². The summed E-state index contributed by atoms with van der Waals surface area (Å²) in [5.74, 6) is 0.668. The van der Waals surface area contributed by atoms with E-state index < -0.39 is 34.3 Å². The van der Waals surface area contributed by atoms with Gasteiger partial charge in [0, 0.05) is 0 Å². The van der Waals surface area contributed by atoms with Crippen LogP contribution in [-0.4, -0.2) is 41.3 Å². The SMILES string of the molecule is [B]C12CCC3(C)C4CCC5(C(=O)O)CCCC(C)C5C4=CCC3C1(C)C[C@@H](O)[C@@H](O)C2(C)C. The fourth-order valence-electron chi connectivity index (χ4n) is 10.5. The summed E-state index contributed by atoms with van der Waals surface area (Å²) >= 11 is 0. The minimum Gasteiger partial charge on any atom is -0.481 e. The molecular formula is C28H43BO4. The van der Waals surface area contributed by atoms with E-state index >= 15 is 0 Å². The van der Waals surface area contributed by atoms with E-state index in [4.69, 9.17) is 7.85 Å². The van der Waals surface area contributed by atoms with Gasteiger partial charge in [-0.1, -0.05) is 70.8 Å². The summed E-state index contributed by atoms with van der Waals surface area (Å²) in [5.41, 5.74) is 0.0178. The van der Waals surface area contributed by atoms with Gasteiger partial charge in [0.2, 0.25) is 0 Å². The molecule has 4 fully saturated rings. The third-order valence-electron chi connectivity index (χ3n) is 12.4. The monoisotopic (exact) mass is 454 g/mol. The predicted molar refractivity (Wildman–Crippen MR) is 130 cm³/mol. The van der Waals surface area contributed by atoms with E-state index in [1.54, 1.807) is 0 Å². The first-order valence-corrected chi connectivity index (χ1v) is 13.3. The average molecular weight is 454 g/mol. The van der Waals surface area contributed by atoms with Crippen molar-refractivity contribution in [2.24, 2.45) is 45.3 Å². The second-order valence-corrected chi connectivity index (χ2v) is 13.7. The maximum Gasteiger partial charge on any atom is 0.310 e. The highest BCUT2D eigenvalue weighted by molar-refractivity contribution is 6.16. The number of carbonyl (C=O) groups is 1. The molecule has 0 amide bonds. The summed E-state index contributed by atoms with van der Waals surface area (Å²) < 4.78 is 0. The number of aliphatic carboxylic acids is 1. The summed E-state index contributed by atoms with van der Waals surface area (Å²) in [6.45, 7) is 11.1. The summed E-state index contributed by atoms with van der Waals surface area (Å²) in [6.07, 6.45) is 8.76. The largest absolute Gasteiger partial charge is 0.481 e. The molecule has 4 nitrogen and oxygen atoms in total. The van der Waals surface area contributed by atoms with Gasteiger partial charge in [0.15, 0.2) is 0 Å². The Kier molecular flexibility index (Phi) is 5.16. The topological polar surface area (TPSA) is 77.8 Å². The molecule has 10 atom stereocenters. The Morgan fingerprint density at radius 1 is 1.06 bits per heavy atom. The van der Waals surface area contributed by atoms with Crippen molar-refractivity contribution in [1.29, 1.82) is 0 Å². The molecule has 0 saturated heterocycles. The van der Waals surface area contributed by atoms with Gasteiger partial charge in [0.25, 0.3) is 0 Å². The third-order valence-corrected chi connectivity index (χ3v) is 12.4. The molecule has 0 spiro atoms. The first-order valence-electron chi connectivity index (χ1n) is 13.3. The summed E-state index contributed by atoms with van der Waals surface area (Å²) in [4.78, 5) is 12.6. The van der Waals surface area contributed by atoms with Crippen LogP contribution in [0.25, 0.3) is 0 Å². The highest BCUT2D eigenvalue weighted by atomic mass is 16.4. The molecule has 0 aliphatic heterocycles. The maximum absolute atomic E-state index is 12.6. The smallest absolute Gasteiger partial charge is 0.310 e. The van der Waals surface area contributed by atoms with E-state index in [2.05, 4.69) is 26.8 Å². The number of fused-ring (bicyclic) bond motifs is 7. The number of hydrogen-bond donors (Lipinski definition) is 3. The molecule has 4 saturated carbocycles. The van der Waals surface area contributed by atoms with Crippen LogP contribution in [0.15, 0.2) is 11.6 Å². The molecule has 33 heavy (non-hydrogen) atoms. The quantitative estimate of drug-likeness (QED) is 0.379. The Labute approximate surface area is 201 Å². The van der Waals surface area contributed by atoms with E-state index in [1.165, 1.54) is 5.57 Å². The second-order valence-electron chi connectivity index (χ2n) is 13.7. The van der Waals surface area contributed by atoms with Crippen molar-refractivity contribution in [2.45, 2.75) is 110 Å². The van der Waals surface area contributed by atoms with Crippen LogP contribution < -0.4 is 0 Å². The van der Waals surface area contributed by atoms with E-state index in [1.807, 2.05) is 13.8 Å². The Bertz CT molecular complexity index is 883. The van der Waals surface area contributed by atoms with Crippen molar-refractivity contribution < 1.29 is 20.1 Å². The average Bonchev–Trinajstić information content (AvgIpc) is 2.74. The van der Waals surface area contributed by atoms with E-state index in [0.29, 0.717) is 24.2 Å². The molecule has 2 radical (unpaired) electrons. The molecule has 0 heterocycles. The van der Waals surface area contributed by atoms with Crippen molar-refractivity contribution in [3.05, 3.63) is 11.6 Å². The van der Waals surface area contributed by atoms with Crippen LogP contribution in [0.3, 0.4) is 0 Å². The van der Waals surface area contributed by atoms with E-state index in [9.17, 15) is 20.1 Å². The van der Waals surface area contributed by atoms with Crippen molar-refractivity contribution in [1.82, 2.24) is 0 Å². The molecule has 0 aromatic heterocycles. The van der Waals surface area contributed by atoms with Gasteiger partial charge in [0.1, 0.15) is 0 Å². The number of aliphatic hydroxyl groups is 2. The molecule has 5 rings (SSSR count). The highest BCUT2D eigenvalue weighted by Crippen LogP contribution is 2.77. The van der Waals surface area contributed by atoms with Crippen LogP contribution in [0.1, 0.15) is 92.4 Å². The fraction of sp³-hybridized carbons (Fsp3) is 0.893. The Balaban J connectivity index is 1.60. The molecule has 0 aromatic rings. The molecule has 8 unspecified atom stereocenters. The number of hydrogen-bond acceptors (Lipinski definition) is 3. The predicted octanol–water partition coefficient (Wildman–Crippen LogP) is 5.14. The summed E-state index contributed by atoms with van der Waals surface area (Å²) in [5, 5.41) is 31.7. The lowest BCUT2D eigenvalue weighted by Gasteiger charge is -2.73. The van der Waals surface area contributed by atoms with Gasteiger partial charge in [-0.05, 0) is 78.4 Å². The van der Waals surface area contributed by atoms with Gasteiger partial charge in [-0.15, -0.1) is 0 Å². The van der Waals surface area contributed by atoms with Gasteiger partial charge >= 0.3 is 5.97 Å². The normalized spacial score (nSPS) is 55.3. The van der Waals surface area contributed by atoms with Gasteiger partial charge in [0.05, 0.1) is 25.5 Å². The van der Waals surface area contributed by atoms with Gasteiger partial charge in [-0.25, -0.2) is 0 Å². The van der Waals surface area contributed by atoms with Gasteiger partial charge in [-0.2, -0.15) is 0 Å². The Hall–Kier alpha value is -0.805. The van der Waals surface area contributed by atoms with Crippen molar-refractivity contribution in [2.75, 3.05) is 0 Å². The Morgan fingerprint density at radius 2 is 1.76 bits per heavy atom. The fourth-order valence-corrected chi connectivity index (χ4v) is 10.5. The van der Waals surface area contributed by atoms with Crippen LogP contribution in [0.4, 0.5) is 0 Å². The number of rotatable bonds is 1. The molecule has 5 heteroatoms. The van der Waals surface area contributed by atoms with Crippen LogP contribution in [0.5, 0.6) is 0 Å². The summed E-state index contributed by atoms with van der Waals surface area (Å²) in [6, 6.07) is 0. The van der Waals surface area contributed by atoms with Crippen LogP contribution in [-0.2, 0) is 4.79 Å². The summed E-state index contributed by atoms with van der Waals surface area (Å²) in [7, 11) is 7.28.